The Labute approximate surface area is 168 Å². The van der Waals surface area contributed by atoms with Crippen LogP contribution in [0, 0.1) is 6.92 Å². The fourth-order valence-corrected chi connectivity index (χ4v) is 4.71. The standard InChI is InChI=1S/C22H23N3O2S/c1-15-6-5-7-17-21(15)23-14-24(22(17)27)12-11-20(26)25-13-10-16(2)28-19-9-4-3-8-18(19)25/h3-9,14,16H,10-13H2,1-2H3. The normalized spacial score (nSPS) is 16.6. The van der Waals surface area contributed by atoms with Crippen molar-refractivity contribution in [3.8, 4) is 0 Å². The molecule has 4 rings (SSSR count). The Bertz CT molecular complexity index is 1090. The van der Waals surface area contributed by atoms with Crippen LogP contribution in [0.2, 0.25) is 0 Å². The quantitative estimate of drug-likeness (QED) is 0.675. The van der Waals surface area contributed by atoms with Gasteiger partial charge >= 0.3 is 0 Å². The Morgan fingerprint density at radius 1 is 1.21 bits per heavy atom. The molecule has 3 aromatic rings. The van der Waals surface area contributed by atoms with Crippen molar-refractivity contribution in [3.63, 3.8) is 0 Å². The fourth-order valence-electron chi connectivity index (χ4n) is 3.59. The zero-order valence-electron chi connectivity index (χ0n) is 16.1. The fraction of sp³-hybridized carbons (Fsp3) is 0.318. The van der Waals surface area contributed by atoms with E-state index in [1.54, 1.807) is 17.0 Å². The Morgan fingerprint density at radius 2 is 2.04 bits per heavy atom. The van der Waals surface area contributed by atoms with Gasteiger partial charge in [0.2, 0.25) is 5.91 Å². The third-order valence-electron chi connectivity index (χ3n) is 5.17. The molecule has 1 atom stereocenters. The van der Waals surface area contributed by atoms with E-state index < -0.39 is 0 Å². The summed E-state index contributed by atoms with van der Waals surface area (Å²) < 4.78 is 1.54. The minimum Gasteiger partial charge on any atom is -0.311 e. The lowest BCUT2D eigenvalue weighted by molar-refractivity contribution is -0.118. The number of hydrogen-bond acceptors (Lipinski definition) is 4. The van der Waals surface area contributed by atoms with Gasteiger partial charge in [-0.3, -0.25) is 14.2 Å². The average Bonchev–Trinajstić information content (AvgIpc) is 2.86. The molecule has 1 aliphatic heterocycles. The van der Waals surface area contributed by atoms with Crippen LogP contribution >= 0.6 is 11.8 Å². The van der Waals surface area contributed by atoms with Crippen molar-refractivity contribution in [2.45, 2.75) is 43.4 Å². The Kier molecular flexibility index (Phi) is 5.22. The van der Waals surface area contributed by atoms with Crippen LogP contribution in [0.25, 0.3) is 10.9 Å². The summed E-state index contributed by atoms with van der Waals surface area (Å²) in [7, 11) is 0. The number of para-hydroxylation sites is 2. The van der Waals surface area contributed by atoms with Gasteiger partial charge in [0, 0.05) is 29.7 Å². The van der Waals surface area contributed by atoms with Crippen molar-refractivity contribution in [2.75, 3.05) is 11.4 Å². The van der Waals surface area contributed by atoms with Gasteiger partial charge in [-0.15, -0.1) is 11.8 Å². The highest BCUT2D eigenvalue weighted by molar-refractivity contribution is 8.00. The van der Waals surface area contributed by atoms with Gasteiger partial charge in [-0.2, -0.15) is 0 Å². The highest BCUT2D eigenvalue weighted by atomic mass is 32.2. The first-order chi connectivity index (χ1) is 13.5. The van der Waals surface area contributed by atoms with Crippen LogP contribution in [0.5, 0.6) is 0 Å². The first-order valence-electron chi connectivity index (χ1n) is 9.55. The summed E-state index contributed by atoms with van der Waals surface area (Å²) in [5.41, 5.74) is 2.58. The zero-order valence-corrected chi connectivity index (χ0v) is 16.9. The van der Waals surface area contributed by atoms with E-state index in [0.717, 1.165) is 28.1 Å². The van der Waals surface area contributed by atoms with Gasteiger partial charge in [-0.25, -0.2) is 4.98 Å². The van der Waals surface area contributed by atoms with Gasteiger partial charge in [-0.1, -0.05) is 31.2 Å². The summed E-state index contributed by atoms with van der Waals surface area (Å²) in [5, 5.41) is 1.06. The lowest BCUT2D eigenvalue weighted by Gasteiger charge is -2.22. The van der Waals surface area contributed by atoms with Gasteiger partial charge in [-0.05, 0) is 37.1 Å². The van der Waals surface area contributed by atoms with Crippen LogP contribution in [0.3, 0.4) is 0 Å². The molecular formula is C22H23N3O2S. The third kappa shape index (κ3) is 3.56. The first-order valence-corrected chi connectivity index (χ1v) is 10.4. The van der Waals surface area contributed by atoms with E-state index in [2.05, 4.69) is 18.0 Å². The van der Waals surface area contributed by atoms with Gasteiger partial charge in [0.05, 0.1) is 22.9 Å². The average molecular weight is 394 g/mol. The van der Waals surface area contributed by atoms with E-state index in [9.17, 15) is 9.59 Å². The number of hydrogen-bond donors (Lipinski definition) is 0. The van der Waals surface area contributed by atoms with Crippen molar-refractivity contribution in [2.24, 2.45) is 0 Å². The Balaban J connectivity index is 1.56. The molecule has 0 fully saturated rings. The molecule has 0 N–H and O–H groups in total. The summed E-state index contributed by atoms with van der Waals surface area (Å²) in [6, 6.07) is 13.7. The summed E-state index contributed by atoms with van der Waals surface area (Å²) in [4.78, 5) is 33.2. The number of carbonyl (C=O) groups excluding carboxylic acids is 1. The number of carbonyl (C=O) groups is 1. The third-order valence-corrected chi connectivity index (χ3v) is 6.40. The van der Waals surface area contributed by atoms with Crippen LogP contribution in [-0.4, -0.2) is 27.3 Å². The predicted molar refractivity (Wildman–Crippen MR) is 114 cm³/mol. The minimum atomic E-state index is -0.0954. The van der Waals surface area contributed by atoms with E-state index in [0.29, 0.717) is 23.7 Å². The van der Waals surface area contributed by atoms with E-state index in [4.69, 9.17) is 0 Å². The second-order valence-corrected chi connectivity index (χ2v) is 8.67. The van der Waals surface area contributed by atoms with Crippen molar-refractivity contribution in [1.82, 2.24) is 9.55 Å². The lowest BCUT2D eigenvalue weighted by Crippen LogP contribution is -2.33. The maximum atomic E-state index is 13.0. The maximum absolute atomic E-state index is 13.0. The minimum absolute atomic E-state index is 0.0402. The van der Waals surface area contributed by atoms with E-state index in [1.165, 1.54) is 0 Å². The zero-order chi connectivity index (χ0) is 19.7. The topological polar surface area (TPSA) is 55.2 Å². The molecule has 0 radical (unpaired) electrons. The SMILES string of the molecule is Cc1cccc2c(=O)n(CCC(=O)N3CCC(C)Sc4ccccc43)cnc12. The molecule has 28 heavy (non-hydrogen) atoms. The molecule has 2 heterocycles. The summed E-state index contributed by atoms with van der Waals surface area (Å²) in [5.74, 6) is 0.0402. The molecule has 1 aliphatic rings. The molecule has 144 valence electrons. The first kappa shape index (κ1) is 18.7. The molecule has 2 aromatic carbocycles. The molecule has 5 nitrogen and oxygen atoms in total. The van der Waals surface area contributed by atoms with Crippen LogP contribution < -0.4 is 10.5 Å². The second-order valence-electron chi connectivity index (χ2n) is 7.19. The monoisotopic (exact) mass is 393 g/mol. The smallest absolute Gasteiger partial charge is 0.261 e. The Morgan fingerprint density at radius 3 is 2.89 bits per heavy atom. The van der Waals surface area contributed by atoms with Crippen LogP contribution in [-0.2, 0) is 11.3 Å². The van der Waals surface area contributed by atoms with Gasteiger partial charge < -0.3 is 4.90 Å². The predicted octanol–water partition coefficient (Wildman–Crippen LogP) is 4.01. The van der Waals surface area contributed by atoms with Crippen LogP contribution in [0.15, 0.2) is 58.5 Å². The second kappa shape index (κ2) is 7.80. The van der Waals surface area contributed by atoms with Crippen molar-refractivity contribution in [3.05, 3.63) is 64.7 Å². The summed E-state index contributed by atoms with van der Waals surface area (Å²) >= 11 is 1.81. The summed E-state index contributed by atoms with van der Waals surface area (Å²) in [6.07, 6.45) is 2.77. The number of rotatable bonds is 3. The van der Waals surface area contributed by atoms with Gasteiger partial charge in [0.25, 0.3) is 5.56 Å². The number of aromatic nitrogens is 2. The molecule has 0 spiro atoms. The van der Waals surface area contributed by atoms with Gasteiger partial charge in [0.15, 0.2) is 0 Å². The molecule has 1 amide bonds. The van der Waals surface area contributed by atoms with Crippen molar-refractivity contribution >= 4 is 34.3 Å². The number of benzene rings is 2. The number of nitrogens with zero attached hydrogens (tertiary/aromatic N) is 3. The highest BCUT2D eigenvalue weighted by Crippen LogP contribution is 2.37. The molecule has 0 saturated heterocycles. The van der Waals surface area contributed by atoms with Crippen molar-refractivity contribution < 1.29 is 4.79 Å². The number of thioether (sulfide) groups is 1. The molecule has 0 saturated carbocycles. The number of fused-ring (bicyclic) bond motifs is 2. The van der Waals surface area contributed by atoms with Gasteiger partial charge in [0.1, 0.15) is 0 Å². The number of amides is 1. The Hall–Kier alpha value is -2.60. The van der Waals surface area contributed by atoms with Crippen LogP contribution in [0.4, 0.5) is 5.69 Å². The van der Waals surface area contributed by atoms with Crippen molar-refractivity contribution in [1.29, 1.82) is 0 Å². The molecule has 6 heteroatoms. The summed E-state index contributed by atoms with van der Waals surface area (Å²) in [6.45, 7) is 5.17. The molecule has 1 aromatic heterocycles. The van der Waals surface area contributed by atoms with E-state index in [1.807, 2.05) is 53.9 Å². The highest BCUT2D eigenvalue weighted by Gasteiger charge is 2.24. The molecular weight excluding hydrogens is 370 g/mol. The van der Waals surface area contributed by atoms with Crippen LogP contribution in [0.1, 0.15) is 25.3 Å². The van der Waals surface area contributed by atoms with E-state index in [-0.39, 0.29) is 17.9 Å². The maximum Gasteiger partial charge on any atom is 0.261 e. The molecule has 0 bridgehead atoms. The number of aryl methyl sites for hydroxylation is 2. The molecule has 1 unspecified atom stereocenters. The van der Waals surface area contributed by atoms with E-state index >= 15 is 0 Å². The lowest BCUT2D eigenvalue weighted by atomic mass is 10.1. The molecule has 0 aliphatic carbocycles. The number of anilines is 1. The largest absolute Gasteiger partial charge is 0.311 e.